The van der Waals surface area contributed by atoms with Gasteiger partial charge in [-0.25, -0.2) is 0 Å². The molecule has 0 rings (SSSR count). The molecule has 0 aromatic heterocycles. The van der Waals surface area contributed by atoms with Gasteiger partial charge in [0.25, 0.3) is 7.82 Å². The lowest BCUT2D eigenvalue weighted by atomic mass is 10.0. The van der Waals surface area contributed by atoms with E-state index in [2.05, 4.69) is 62.5 Å². The smallest absolute Gasteiger partial charge is 0.306 e. The molecule has 3 atom stereocenters. The molecule has 0 bridgehead atoms. The molecule has 0 aromatic rings. The van der Waals surface area contributed by atoms with Gasteiger partial charge in [-0.15, -0.1) is 0 Å². The fraction of sp³-hybridized carbons (Fsp3) is 0.731. The van der Waals surface area contributed by atoms with Gasteiger partial charge in [0, 0.05) is 12.8 Å². The summed E-state index contributed by atoms with van der Waals surface area (Å²) in [6.07, 6.45) is 51.2. The number of allylic oxidation sites excluding steroid dienone is 11. The fourth-order valence-electron chi connectivity index (χ4n) is 6.47. The molecule has 0 saturated carbocycles. The number of aliphatic hydroxyl groups is 1. The standard InChI is InChI=1S/C52H92NO9P/c1-6-8-10-12-14-16-18-20-22-24-25-26-28-30-32-34-36-38-40-42-52(56)62-50(48-61-63(57,58)60-46-45-53(3,4)5)47-59-51(55)44-43-49(54)41-39-37-35-33-31-29-27-23-21-19-17-15-13-11-9-7-2/h9,11,15,17,21,23,29,31,35,37,39,41,49-50,54H,6-8,10,12-14,16,18-20,22,24-28,30,32-34,36,38,40,42-48H2,1-5H3/b11-9-,17-15-,23-21-,31-29-,37-35-,41-39-/t49?,50-/m1/s1. The predicted octanol–water partition coefficient (Wildman–Crippen LogP) is 12.9. The van der Waals surface area contributed by atoms with Crippen LogP contribution in [0.1, 0.15) is 187 Å². The summed E-state index contributed by atoms with van der Waals surface area (Å²) in [5.41, 5.74) is 0. The highest BCUT2D eigenvalue weighted by Gasteiger charge is 2.22. The van der Waals surface area contributed by atoms with Crippen LogP contribution in [0, 0.1) is 0 Å². The molecule has 0 heterocycles. The molecule has 0 aliphatic carbocycles. The van der Waals surface area contributed by atoms with E-state index in [1.807, 2.05) is 33.3 Å². The molecule has 2 unspecified atom stereocenters. The van der Waals surface area contributed by atoms with Crippen molar-refractivity contribution in [1.29, 1.82) is 0 Å². The molecular weight excluding hydrogens is 814 g/mol. The zero-order valence-corrected chi connectivity index (χ0v) is 41.5. The highest BCUT2D eigenvalue weighted by molar-refractivity contribution is 7.45. The molecule has 0 aliphatic rings. The molecule has 10 nitrogen and oxygen atoms in total. The molecule has 0 amide bonds. The molecule has 0 saturated heterocycles. The van der Waals surface area contributed by atoms with Gasteiger partial charge in [0.2, 0.25) is 0 Å². The van der Waals surface area contributed by atoms with Crippen LogP contribution in [-0.2, 0) is 32.7 Å². The first-order valence-corrected chi connectivity index (χ1v) is 26.2. The Labute approximate surface area is 385 Å². The van der Waals surface area contributed by atoms with Crippen molar-refractivity contribution < 1.29 is 47.2 Å². The molecule has 0 aliphatic heterocycles. The number of quaternary nitrogens is 1. The summed E-state index contributed by atoms with van der Waals surface area (Å²) in [6.45, 7) is 3.85. The van der Waals surface area contributed by atoms with E-state index in [0.29, 0.717) is 17.4 Å². The van der Waals surface area contributed by atoms with Crippen molar-refractivity contribution in [3.8, 4) is 0 Å². The van der Waals surface area contributed by atoms with Gasteiger partial charge in [0.05, 0.1) is 33.9 Å². The van der Waals surface area contributed by atoms with Gasteiger partial charge >= 0.3 is 11.9 Å². The number of unbranched alkanes of at least 4 members (excludes halogenated alkanes) is 18. The SMILES string of the molecule is CC/C=C\C/C=C\C/C=C\C/C=C\C/C=C\C=C/C(O)CCC(=O)OC[C@H](COP(=O)([O-])OCC[N+](C)(C)C)OC(=O)CCCCCCCCCCCCCCCCCCCCC. The first-order valence-electron chi connectivity index (χ1n) is 24.8. The van der Waals surface area contributed by atoms with E-state index in [1.165, 1.54) is 96.3 Å². The number of phosphoric ester groups is 1. The number of esters is 2. The fourth-order valence-corrected chi connectivity index (χ4v) is 7.20. The number of rotatable bonds is 44. The third-order valence-corrected chi connectivity index (χ3v) is 11.3. The van der Waals surface area contributed by atoms with E-state index in [-0.39, 0.29) is 32.5 Å². The quantitative estimate of drug-likeness (QED) is 0.0158. The van der Waals surface area contributed by atoms with E-state index in [1.54, 1.807) is 12.2 Å². The van der Waals surface area contributed by atoms with E-state index in [4.69, 9.17) is 18.5 Å². The molecule has 0 spiro atoms. The summed E-state index contributed by atoms with van der Waals surface area (Å²) in [5.74, 6) is -1.12. The number of carbonyl (C=O) groups is 2. The Morgan fingerprint density at radius 2 is 1.05 bits per heavy atom. The van der Waals surface area contributed by atoms with Crippen LogP contribution in [0.3, 0.4) is 0 Å². The van der Waals surface area contributed by atoms with Crippen LogP contribution in [0.2, 0.25) is 0 Å². The van der Waals surface area contributed by atoms with E-state index < -0.39 is 38.6 Å². The number of phosphoric acid groups is 1. The summed E-state index contributed by atoms with van der Waals surface area (Å²) < 4.78 is 33.8. The topological polar surface area (TPSA) is 131 Å². The largest absolute Gasteiger partial charge is 0.756 e. The third kappa shape index (κ3) is 47.2. The van der Waals surface area contributed by atoms with Crippen LogP contribution in [-0.4, -0.2) is 81.2 Å². The zero-order chi connectivity index (χ0) is 46.5. The molecular formula is C52H92NO9P. The number of nitrogens with zero attached hydrogens (tertiary/aromatic N) is 1. The van der Waals surface area contributed by atoms with Crippen LogP contribution in [0.5, 0.6) is 0 Å². The van der Waals surface area contributed by atoms with Gasteiger partial charge in [-0.2, -0.15) is 0 Å². The van der Waals surface area contributed by atoms with Gasteiger partial charge in [-0.1, -0.05) is 202 Å². The summed E-state index contributed by atoms with van der Waals surface area (Å²) in [5, 5.41) is 10.3. The predicted molar refractivity (Wildman–Crippen MR) is 260 cm³/mol. The highest BCUT2D eigenvalue weighted by atomic mass is 31.2. The Balaban J connectivity index is 4.48. The Kier molecular flexibility index (Phi) is 41.5. The lowest BCUT2D eigenvalue weighted by molar-refractivity contribution is -0.870. The average molecular weight is 906 g/mol. The summed E-state index contributed by atoms with van der Waals surface area (Å²) >= 11 is 0. The van der Waals surface area contributed by atoms with E-state index in [9.17, 15) is 24.2 Å². The maximum atomic E-state index is 12.7. The summed E-state index contributed by atoms with van der Waals surface area (Å²) in [7, 11) is 1.04. The van der Waals surface area contributed by atoms with Gasteiger partial charge in [-0.05, 0) is 44.9 Å². The van der Waals surface area contributed by atoms with E-state index in [0.717, 1.165) is 51.4 Å². The molecule has 11 heteroatoms. The maximum Gasteiger partial charge on any atom is 0.306 e. The van der Waals surface area contributed by atoms with Gasteiger partial charge in [0.15, 0.2) is 6.10 Å². The molecule has 63 heavy (non-hydrogen) atoms. The number of aliphatic hydroxyl groups excluding tert-OH is 1. The average Bonchev–Trinajstić information content (AvgIpc) is 3.24. The number of hydrogen-bond acceptors (Lipinski definition) is 9. The van der Waals surface area contributed by atoms with Crippen molar-refractivity contribution in [2.45, 2.75) is 199 Å². The number of likely N-dealkylation sites (N-methyl/N-ethyl adjacent to an activating group) is 1. The minimum Gasteiger partial charge on any atom is -0.756 e. The van der Waals surface area contributed by atoms with Gasteiger partial charge < -0.3 is 33.0 Å². The van der Waals surface area contributed by atoms with Crippen molar-refractivity contribution >= 4 is 19.8 Å². The van der Waals surface area contributed by atoms with Crippen LogP contribution >= 0.6 is 7.82 Å². The minimum atomic E-state index is -4.69. The van der Waals surface area contributed by atoms with E-state index >= 15 is 0 Å². The van der Waals surface area contributed by atoms with Crippen LogP contribution in [0.25, 0.3) is 0 Å². The Morgan fingerprint density at radius 1 is 0.587 bits per heavy atom. The lowest BCUT2D eigenvalue weighted by Crippen LogP contribution is -2.37. The van der Waals surface area contributed by atoms with Crippen molar-refractivity contribution in [2.75, 3.05) is 47.5 Å². The molecule has 0 aromatic carbocycles. The number of hydrogen-bond donors (Lipinski definition) is 1. The van der Waals surface area contributed by atoms with Gasteiger partial charge in [-0.3, -0.25) is 14.2 Å². The van der Waals surface area contributed by atoms with Crippen LogP contribution in [0.15, 0.2) is 72.9 Å². The Bertz CT molecular complexity index is 1320. The van der Waals surface area contributed by atoms with Crippen molar-refractivity contribution in [3.05, 3.63) is 72.9 Å². The molecule has 1 N–H and O–H groups in total. The zero-order valence-electron chi connectivity index (χ0n) is 40.6. The highest BCUT2D eigenvalue weighted by Crippen LogP contribution is 2.38. The summed E-state index contributed by atoms with van der Waals surface area (Å²) in [4.78, 5) is 37.7. The Morgan fingerprint density at radius 3 is 1.52 bits per heavy atom. The first-order chi connectivity index (χ1) is 30.4. The number of carbonyl (C=O) groups excluding carboxylic acids is 2. The third-order valence-electron chi connectivity index (χ3n) is 10.4. The normalized spacial score (nSPS) is 14.6. The van der Waals surface area contributed by atoms with Crippen molar-refractivity contribution in [3.63, 3.8) is 0 Å². The second-order valence-corrected chi connectivity index (χ2v) is 19.1. The van der Waals surface area contributed by atoms with Gasteiger partial charge in [0.1, 0.15) is 19.8 Å². The van der Waals surface area contributed by atoms with Crippen LogP contribution in [0.4, 0.5) is 0 Å². The first kappa shape index (κ1) is 60.4. The monoisotopic (exact) mass is 906 g/mol. The second kappa shape index (κ2) is 43.3. The second-order valence-electron chi connectivity index (χ2n) is 17.7. The minimum absolute atomic E-state index is 0.0685. The van der Waals surface area contributed by atoms with Crippen molar-refractivity contribution in [2.24, 2.45) is 0 Å². The molecule has 0 fully saturated rings. The lowest BCUT2D eigenvalue weighted by Gasteiger charge is -2.28. The molecule has 0 radical (unpaired) electrons. The summed E-state index contributed by atoms with van der Waals surface area (Å²) in [6, 6.07) is 0. The number of ether oxygens (including phenoxy) is 2. The molecule has 364 valence electrons. The Hall–Kier alpha value is -2.59. The van der Waals surface area contributed by atoms with Crippen molar-refractivity contribution in [1.82, 2.24) is 0 Å². The van der Waals surface area contributed by atoms with Crippen LogP contribution < -0.4 is 4.89 Å². The maximum absolute atomic E-state index is 12.7.